The molecule has 190 valence electrons. The first kappa shape index (κ1) is 25.6. The fourth-order valence-electron chi connectivity index (χ4n) is 3.94. The Morgan fingerprint density at radius 3 is 2.36 bits per heavy atom. The van der Waals surface area contributed by atoms with Gasteiger partial charge in [0.05, 0.1) is 35.6 Å². The molecule has 3 heterocycles. The summed E-state index contributed by atoms with van der Waals surface area (Å²) >= 11 is 3.32. The monoisotopic (exact) mass is 575 g/mol. The van der Waals surface area contributed by atoms with Crippen LogP contribution >= 0.6 is 15.9 Å². The lowest BCUT2D eigenvalue weighted by molar-refractivity contribution is -0.129. The van der Waals surface area contributed by atoms with Gasteiger partial charge in [-0.2, -0.15) is 5.10 Å². The fourth-order valence-corrected chi connectivity index (χ4v) is 4.98. The number of anilines is 3. The highest BCUT2D eigenvalue weighted by Crippen LogP contribution is 2.25. The number of rotatable bonds is 6. The Hall–Kier alpha value is -3.45. The van der Waals surface area contributed by atoms with E-state index in [0.717, 1.165) is 30.6 Å². The molecule has 0 saturated carbocycles. The van der Waals surface area contributed by atoms with Crippen LogP contribution in [0.25, 0.3) is 5.82 Å². The van der Waals surface area contributed by atoms with Crippen molar-refractivity contribution in [2.24, 2.45) is 0 Å². The molecule has 0 atom stereocenters. The zero-order valence-corrected chi connectivity index (χ0v) is 22.4. The molecule has 0 aliphatic carbocycles. The summed E-state index contributed by atoms with van der Waals surface area (Å²) in [4.78, 5) is 33.0. The van der Waals surface area contributed by atoms with E-state index in [1.807, 2.05) is 17.9 Å². The van der Waals surface area contributed by atoms with E-state index in [0.29, 0.717) is 40.3 Å². The van der Waals surface area contributed by atoms with Crippen molar-refractivity contribution < 1.29 is 18.0 Å². The Bertz CT molecular complexity index is 1420. The lowest BCUT2D eigenvalue weighted by Crippen LogP contribution is -2.48. The summed E-state index contributed by atoms with van der Waals surface area (Å²) in [7, 11) is -3.46. The maximum absolute atomic E-state index is 12.8. The maximum Gasteiger partial charge on any atom is 0.258 e. The SMILES string of the molecule is CC(=O)N1CCN(c2cnc(-n3cc(C(=O)Nc4cc(Br)cc(NS(C)(=O)=O)c4)cn3)c(C)c2)CC1. The third kappa shape index (κ3) is 6.21. The number of benzene rings is 1. The van der Waals surface area contributed by atoms with E-state index in [1.165, 1.54) is 12.3 Å². The van der Waals surface area contributed by atoms with E-state index in [1.54, 1.807) is 36.1 Å². The van der Waals surface area contributed by atoms with Crippen LogP contribution in [0.4, 0.5) is 17.1 Å². The van der Waals surface area contributed by atoms with Gasteiger partial charge in [0.15, 0.2) is 5.82 Å². The minimum atomic E-state index is -3.46. The van der Waals surface area contributed by atoms with Crippen LogP contribution < -0.4 is 14.9 Å². The fraction of sp³-hybridized carbons (Fsp3) is 0.304. The normalized spacial score (nSPS) is 14.0. The smallest absolute Gasteiger partial charge is 0.258 e. The average Bonchev–Trinajstić information content (AvgIpc) is 3.27. The number of piperazine rings is 1. The van der Waals surface area contributed by atoms with Gasteiger partial charge in [0.2, 0.25) is 15.9 Å². The Morgan fingerprint density at radius 2 is 1.72 bits per heavy atom. The van der Waals surface area contributed by atoms with Crippen molar-refractivity contribution in [1.29, 1.82) is 0 Å². The second-order valence-corrected chi connectivity index (χ2v) is 11.2. The largest absolute Gasteiger partial charge is 0.367 e. The highest BCUT2D eigenvalue weighted by molar-refractivity contribution is 9.10. The molecule has 0 bridgehead atoms. The molecule has 0 radical (unpaired) electrons. The molecule has 1 aliphatic rings. The number of hydrogen-bond acceptors (Lipinski definition) is 7. The molecule has 2 N–H and O–H groups in total. The minimum absolute atomic E-state index is 0.0868. The molecule has 0 unspecified atom stereocenters. The molecule has 1 saturated heterocycles. The Morgan fingerprint density at radius 1 is 1.03 bits per heavy atom. The van der Waals surface area contributed by atoms with Crippen molar-refractivity contribution in [2.45, 2.75) is 13.8 Å². The number of carbonyl (C=O) groups excluding carboxylic acids is 2. The van der Waals surface area contributed by atoms with E-state index >= 15 is 0 Å². The van der Waals surface area contributed by atoms with Crippen molar-refractivity contribution in [3.05, 3.63) is 58.5 Å². The molecule has 1 aromatic carbocycles. The van der Waals surface area contributed by atoms with Crippen molar-refractivity contribution in [2.75, 3.05) is 47.4 Å². The van der Waals surface area contributed by atoms with Gasteiger partial charge in [0.25, 0.3) is 5.91 Å². The summed E-state index contributed by atoms with van der Waals surface area (Å²) in [5.74, 6) is 0.285. The molecular formula is C23H26BrN7O4S. The zero-order chi connectivity index (χ0) is 26.0. The van der Waals surface area contributed by atoms with Crippen LogP contribution in [0, 0.1) is 6.92 Å². The molecule has 13 heteroatoms. The van der Waals surface area contributed by atoms with Crippen molar-refractivity contribution in [3.63, 3.8) is 0 Å². The van der Waals surface area contributed by atoms with Crippen LogP contribution in [0.5, 0.6) is 0 Å². The molecule has 2 aromatic heterocycles. The number of aromatic nitrogens is 3. The van der Waals surface area contributed by atoms with Crippen LogP contribution in [0.1, 0.15) is 22.8 Å². The number of nitrogens with zero attached hydrogens (tertiary/aromatic N) is 5. The predicted octanol–water partition coefficient (Wildman–Crippen LogP) is 2.63. The molecule has 2 amide bonds. The second kappa shape index (κ2) is 10.3. The summed E-state index contributed by atoms with van der Waals surface area (Å²) in [5, 5.41) is 7.06. The van der Waals surface area contributed by atoms with Crippen LogP contribution in [-0.4, -0.2) is 72.3 Å². The van der Waals surface area contributed by atoms with Gasteiger partial charge in [-0.3, -0.25) is 14.3 Å². The first-order valence-corrected chi connectivity index (χ1v) is 13.8. The van der Waals surface area contributed by atoms with E-state index in [2.05, 4.69) is 41.0 Å². The van der Waals surface area contributed by atoms with Crippen LogP contribution in [0.3, 0.4) is 0 Å². The zero-order valence-electron chi connectivity index (χ0n) is 20.0. The van der Waals surface area contributed by atoms with Gasteiger partial charge in [-0.15, -0.1) is 0 Å². The molecule has 4 rings (SSSR count). The van der Waals surface area contributed by atoms with Gasteiger partial charge < -0.3 is 15.1 Å². The van der Waals surface area contributed by atoms with Crippen molar-refractivity contribution in [3.8, 4) is 5.82 Å². The Balaban J connectivity index is 1.46. The van der Waals surface area contributed by atoms with E-state index in [9.17, 15) is 18.0 Å². The van der Waals surface area contributed by atoms with Gasteiger partial charge in [0.1, 0.15) is 0 Å². The highest BCUT2D eigenvalue weighted by Gasteiger charge is 2.20. The van der Waals surface area contributed by atoms with Crippen molar-refractivity contribution >= 4 is 54.8 Å². The summed E-state index contributed by atoms with van der Waals surface area (Å²) in [6, 6.07) is 6.80. The summed E-state index contributed by atoms with van der Waals surface area (Å²) in [6.45, 7) is 6.35. The maximum atomic E-state index is 12.8. The lowest BCUT2D eigenvalue weighted by atomic mass is 10.2. The number of nitrogens with one attached hydrogen (secondary N) is 2. The number of aryl methyl sites for hydroxylation is 1. The molecule has 11 nitrogen and oxygen atoms in total. The second-order valence-electron chi connectivity index (χ2n) is 8.56. The van der Waals surface area contributed by atoms with Crippen LogP contribution in [0.2, 0.25) is 0 Å². The molecule has 3 aromatic rings. The molecular weight excluding hydrogens is 550 g/mol. The topological polar surface area (TPSA) is 130 Å². The molecule has 1 fully saturated rings. The molecule has 0 spiro atoms. The Kier molecular flexibility index (Phi) is 7.31. The summed E-state index contributed by atoms with van der Waals surface area (Å²) in [5.41, 5.74) is 2.91. The van der Waals surface area contributed by atoms with Gasteiger partial charge in [-0.05, 0) is 36.8 Å². The van der Waals surface area contributed by atoms with Gasteiger partial charge in [0, 0.05) is 49.5 Å². The van der Waals surface area contributed by atoms with Crippen molar-refractivity contribution in [1.82, 2.24) is 19.7 Å². The number of amides is 2. The van der Waals surface area contributed by atoms with E-state index in [-0.39, 0.29) is 5.91 Å². The quantitative estimate of drug-likeness (QED) is 0.462. The number of carbonyl (C=O) groups is 2. The molecule has 1 aliphatic heterocycles. The van der Waals surface area contributed by atoms with E-state index < -0.39 is 15.9 Å². The lowest BCUT2D eigenvalue weighted by Gasteiger charge is -2.35. The number of hydrogen-bond donors (Lipinski definition) is 2. The van der Waals surface area contributed by atoms with E-state index in [4.69, 9.17) is 0 Å². The van der Waals surface area contributed by atoms with Gasteiger partial charge in [-0.25, -0.2) is 18.1 Å². The number of sulfonamides is 1. The third-order valence-electron chi connectivity index (χ3n) is 5.65. The highest BCUT2D eigenvalue weighted by atomic mass is 79.9. The predicted molar refractivity (Wildman–Crippen MR) is 141 cm³/mol. The van der Waals surface area contributed by atoms with Gasteiger partial charge >= 0.3 is 0 Å². The summed E-state index contributed by atoms with van der Waals surface area (Å²) < 4.78 is 27.6. The van der Waals surface area contributed by atoms with Crippen LogP contribution in [-0.2, 0) is 14.8 Å². The molecule has 36 heavy (non-hydrogen) atoms. The first-order chi connectivity index (χ1) is 17.0. The number of pyridine rings is 1. The third-order valence-corrected chi connectivity index (χ3v) is 6.71. The summed E-state index contributed by atoms with van der Waals surface area (Å²) in [6.07, 6.45) is 5.85. The number of halogens is 1. The first-order valence-electron chi connectivity index (χ1n) is 11.1. The van der Waals surface area contributed by atoms with Crippen LogP contribution in [0.15, 0.2) is 47.3 Å². The minimum Gasteiger partial charge on any atom is -0.367 e. The van der Waals surface area contributed by atoms with Gasteiger partial charge in [-0.1, -0.05) is 15.9 Å². The standard InChI is InChI=1S/C23H26BrN7O4S/c1-15-8-21(30-6-4-29(5-7-30)16(2)32)13-25-22(15)31-14-17(12-26-31)23(33)27-19-9-18(24)10-20(11-19)28-36(3,34)35/h8-14,28H,4-7H2,1-3H3,(H,27,33). The Labute approximate surface area is 217 Å². The average molecular weight is 576 g/mol.